The van der Waals surface area contributed by atoms with E-state index in [4.69, 9.17) is 9.47 Å². The number of piperazine rings is 1. The van der Waals surface area contributed by atoms with Crippen LogP contribution in [0.15, 0.2) is 54.6 Å². The fourth-order valence-corrected chi connectivity index (χ4v) is 4.07. The summed E-state index contributed by atoms with van der Waals surface area (Å²) in [4.78, 5) is 15.6. The van der Waals surface area contributed by atoms with Gasteiger partial charge in [0.15, 0.2) is 17.5 Å². The topological polar surface area (TPSA) is 56.4 Å². The van der Waals surface area contributed by atoms with Crippen molar-refractivity contribution in [2.75, 3.05) is 39.5 Å². The molecule has 2 aliphatic rings. The molecule has 2 aliphatic heterocycles. The molecule has 6 nitrogen and oxygen atoms in total. The second kappa shape index (κ2) is 9.78. The van der Waals surface area contributed by atoms with E-state index < -0.39 is 0 Å². The largest absolute Gasteiger partial charge is 0.454 e. The second-order valence-electron chi connectivity index (χ2n) is 8.05. The van der Waals surface area contributed by atoms with E-state index in [-0.39, 0.29) is 18.7 Å². The van der Waals surface area contributed by atoms with Crippen molar-refractivity contribution in [3.8, 4) is 11.5 Å². The maximum atomic E-state index is 12.7. The molecule has 2 heterocycles. The molecule has 2 aromatic carbocycles. The van der Waals surface area contributed by atoms with E-state index in [0.29, 0.717) is 6.54 Å². The lowest BCUT2D eigenvalue weighted by molar-refractivity contribution is -1.02. The summed E-state index contributed by atoms with van der Waals surface area (Å²) in [6.45, 7) is 8.07. The molecule has 0 spiro atoms. The summed E-state index contributed by atoms with van der Waals surface area (Å²) in [5.74, 6) is 1.62. The molecule has 0 saturated carbocycles. The first kappa shape index (κ1) is 20.4. The minimum atomic E-state index is -0.0413. The zero-order chi connectivity index (χ0) is 20.8. The standard InChI is InChI=1S/C24H29N3O3/c1-19(24(28)25-17-21-9-10-22-23(16-21)30-18-29-22)27-14-12-26(13-15-27)11-5-8-20-6-3-2-4-7-20/h2-10,16,19H,11-15,17-18H2,1H3,(H,25,28)/p+2/b8-5+/t19-/m0/s1. The van der Waals surface area contributed by atoms with Gasteiger partial charge in [0.1, 0.15) is 26.2 Å². The normalized spacial score (nSPS) is 21.5. The van der Waals surface area contributed by atoms with Crippen molar-refractivity contribution in [3.63, 3.8) is 0 Å². The van der Waals surface area contributed by atoms with Crippen LogP contribution in [-0.4, -0.2) is 51.5 Å². The van der Waals surface area contributed by atoms with Gasteiger partial charge in [0.2, 0.25) is 6.79 Å². The van der Waals surface area contributed by atoms with Crippen molar-refractivity contribution < 1.29 is 24.1 Å². The van der Waals surface area contributed by atoms with Gasteiger partial charge in [-0.1, -0.05) is 42.5 Å². The molecule has 0 aromatic heterocycles. The highest BCUT2D eigenvalue weighted by atomic mass is 16.7. The van der Waals surface area contributed by atoms with Gasteiger partial charge in [-0.25, -0.2) is 0 Å². The van der Waals surface area contributed by atoms with E-state index in [0.717, 1.165) is 49.8 Å². The van der Waals surface area contributed by atoms with Crippen molar-refractivity contribution in [1.29, 1.82) is 0 Å². The molecular formula is C24H31N3O3+2. The molecule has 1 saturated heterocycles. The van der Waals surface area contributed by atoms with Crippen LogP contribution in [0.1, 0.15) is 18.1 Å². The Morgan fingerprint density at radius 3 is 2.63 bits per heavy atom. The third-order valence-electron chi connectivity index (χ3n) is 6.03. The average Bonchev–Trinajstić information content (AvgIpc) is 3.26. The number of fused-ring (bicyclic) bond motifs is 1. The summed E-state index contributed by atoms with van der Waals surface area (Å²) in [6.07, 6.45) is 4.45. The Kier molecular flexibility index (Phi) is 6.67. The van der Waals surface area contributed by atoms with Crippen LogP contribution in [0.2, 0.25) is 0 Å². The maximum Gasteiger partial charge on any atom is 0.278 e. The molecule has 0 bridgehead atoms. The van der Waals surface area contributed by atoms with Crippen LogP contribution >= 0.6 is 0 Å². The number of carbonyl (C=O) groups excluding carboxylic acids is 1. The van der Waals surface area contributed by atoms with Gasteiger partial charge >= 0.3 is 0 Å². The number of hydrogen-bond acceptors (Lipinski definition) is 3. The van der Waals surface area contributed by atoms with Gasteiger partial charge in [-0.05, 0) is 36.3 Å². The maximum absolute atomic E-state index is 12.7. The van der Waals surface area contributed by atoms with E-state index in [1.165, 1.54) is 10.5 Å². The molecule has 1 fully saturated rings. The molecule has 0 unspecified atom stereocenters. The molecule has 1 atom stereocenters. The smallest absolute Gasteiger partial charge is 0.278 e. The lowest BCUT2D eigenvalue weighted by Gasteiger charge is -2.32. The predicted octanol–water partition coefficient (Wildman–Crippen LogP) is -0.0832. The number of nitrogens with one attached hydrogen (secondary N) is 3. The van der Waals surface area contributed by atoms with Crippen molar-refractivity contribution in [1.82, 2.24) is 5.32 Å². The van der Waals surface area contributed by atoms with Crippen LogP contribution < -0.4 is 24.6 Å². The van der Waals surface area contributed by atoms with E-state index >= 15 is 0 Å². The van der Waals surface area contributed by atoms with E-state index in [1.54, 1.807) is 4.90 Å². The van der Waals surface area contributed by atoms with Gasteiger partial charge in [0.05, 0.1) is 6.54 Å². The summed E-state index contributed by atoms with van der Waals surface area (Å²) in [5, 5.41) is 3.08. The quantitative estimate of drug-likeness (QED) is 0.600. The van der Waals surface area contributed by atoms with Crippen LogP contribution in [-0.2, 0) is 11.3 Å². The zero-order valence-corrected chi connectivity index (χ0v) is 17.5. The Labute approximate surface area is 178 Å². The van der Waals surface area contributed by atoms with Gasteiger partial charge in [0.25, 0.3) is 5.91 Å². The third-order valence-corrected chi connectivity index (χ3v) is 6.03. The number of ether oxygens (including phenoxy) is 2. The van der Waals surface area contributed by atoms with Crippen LogP contribution in [0.4, 0.5) is 0 Å². The van der Waals surface area contributed by atoms with Crippen molar-refractivity contribution >= 4 is 12.0 Å². The number of rotatable bonds is 7. The first-order valence-electron chi connectivity index (χ1n) is 10.7. The van der Waals surface area contributed by atoms with Gasteiger partial charge in [-0.15, -0.1) is 0 Å². The summed E-state index contributed by atoms with van der Waals surface area (Å²) in [7, 11) is 0. The van der Waals surface area contributed by atoms with Crippen LogP contribution in [0.25, 0.3) is 6.08 Å². The minimum absolute atomic E-state index is 0.0413. The Hall–Kier alpha value is -2.83. The SMILES string of the molecule is C[C@@H](C(=O)NCc1ccc2c(c1)OCO2)[NH+]1CC[NH+](C/C=C/c2ccccc2)CC1. The molecule has 4 rings (SSSR count). The molecule has 158 valence electrons. The summed E-state index contributed by atoms with van der Waals surface area (Å²) in [5.41, 5.74) is 2.27. The number of amides is 1. The lowest BCUT2D eigenvalue weighted by Crippen LogP contribution is -3.30. The lowest BCUT2D eigenvalue weighted by atomic mass is 10.1. The zero-order valence-electron chi connectivity index (χ0n) is 17.5. The minimum Gasteiger partial charge on any atom is -0.454 e. The number of hydrogen-bond donors (Lipinski definition) is 3. The van der Waals surface area contributed by atoms with Crippen LogP contribution in [0.3, 0.4) is 0 Å². The Balaban J connectivity index is 1.19. The highest BCUT2D eigenvalue weighted by Crippen LogP contribution is 2.32. The Morgan fingerprint density at radius 1 is 1.07 bits per heavy atom. The fourth-order valence-electron chi connectivity index (χ4n) is 4.07. The summed E-state index contributed by atoms with van der Waals surface area (Å²) < 4.78 is 10.7. The van der Waals surface area contributed by atoms with E-state index in [9.17, 15) is 4.79 Å². The van der Waals surface area contributed by atoms with Crippen LogP contribution in [0.5, 0.6) is 11.5 Å². The second-order valence-corrected chi connectivity index (χ2v) is 8.05. The third kappa shape index (κ3) is 5.20. The molecular weight excluding hydrogens is 378 g/mol. The predicted molar refractivity (Wildman–Crippen MR) is 116 cm³/mol. The molecule has 2 aromatic rings. The van der Waals surface area contributed by atoms with Crippen molar-refractivity contribution in [2.45, 2.75) is 19.5 Å². The van der Waals surface area contributed by atoms with E-state index in [1.807, 2.05) is 31.2 Å². The monoisotopic (exact) mass is 409 g/mol. The van der Waals surface area contributed by atoms with Crippen molar-refractivity contribution in [2.24, 2.45) is 0 Å². The Morgan fingerprint density at radius 2 is 1.83 bits per heavy atom. The molecule has 30 heavy (non-hydrogen) atoms. The molecule has 6 heteroatoms. The first-order chi connectivity index (χ1) is 14.7. The van der Waals surface area contributed by atoms with Crippen molar-refractivity contribution in [3.05, 3.63) is 65.7 Å². The highest BCUT2D eigenvalue weighted by molar-refractivity contribution is 5.79. The van der Waals surface area contributed by atoms with E-state index in [2.05, 4.69) is 41.7 Å². The fraction of sp³-hybridized carbons (Fsp3) is 0.375. The number of quaternary nitrogens is 2. The summed E-state index contributed by atoms with van der Waals surface area (Å²) in [6, 6.07) is 16.2. The molecule has 0 aliphatic carbocycles. The molecule has 3 N–H and O–H groups in total. The van der Waals surface area contributed by atoms with Gasteiger partial charge in [-0.2, -0.15) is 0 Å². The average molecular weight is 410 g/mol. The van der Waals surface area contributed by atoms with Gasteiger partial charge in [-0.3, -0.25) is 4.79 Å². The number of carbonyl (C=O) groups is 1. The van der Waals surface area contributed by atoms with Crippen LogP contribution in [0, 0.1) is 0 Å². The number of benzene rings is 2. The Bertz CT molecular complexity index is 877. The van der Waals surface area contributed by atoms with Gasteiger partial charge < -0.3 is 24.6 Å². The molecule has 1 amide bonds. The first-order valence-corrected chi connectivity index (χ1v) is 10.7. The molecule has 0 radical (unpaired) electrons. The highest BCUT2D eigenvalue weighted by Gasteiger charge is 2.30. The summed E-state index contributed by atoms with van der Waals surface area (Å²) >= 11 is 0. The van der Waals surface area contributed by atoms with Gasteiger partial charge in [0, 0.05) is 6.54 Å².